The molecule has 0 radical (unpaired) electrons. The van der Waals surface area contributed by atoms with Crippen LogP contribution in [0.1, 0.15) is 50.6 Å². The number of carbonyl (C=O) groups is 1. The molecule has 4 nitrogen and oxygen atoms in total. The molecule has 1 amide bonds. The molecule has 1 aromatic heterocycles. The summed E-state index contributed by atoms with van der Waals surface area (Å²) in [5, 5.41) is 2.84. The molecule has 0 unspecified atom stereocenters. The summed E-state index contributed by atoms with van der Waals surface area (Å²) in [7, 11) is 0. The largest absolute Gasteiger partial charge is 0.397 e. The fraction of sp³-hybridized carbons (Fsp3) is 0.600. The molecule has 4 heteroatoms. The Labute approximate surface area is 114 Å². The number of amides is 1. The molecule has 104 valence electrons. The second-order valence-corrected chi connectivity index (χ2v) is 5.46. The first kappa shape index (κ1) is 13.8. The Balaban J connectivity index is 1.78. The molecule has 0 bridgehead atoms. The second kappa shape index (κ2) is 6.55. The Kier molecular flexibility index (Phi) is 4.77. The number of nitrogen functional groups attached to an aromatic ring is 1. The van der Waals surface area contributed by atoms with Crippen LogP contribution in [0.5, 0.6) is 0 Å². The van der Waals surface area contributed by atoms with E-state index in [0.29, 0.717) is 17.9 Å². The van der Waals surface area contributed by atoms with Gasteiger partial charge in [0.2, 0.25) is 5.91 Å². The Morgan fingerprint density at radius 1 is 1.37 bits per heavy atom. The van der Waals surface area contributed by atoms with E-state index in [-0.39, 0.29) is 5.91 Å². The number of pyridine rings is 1. The summed E-state index contributed by atoms with van der Waals surface area (Å²) in [4.78, 5) is 16.1. The molecule has 2 rings (SSSR count). The maximum absolute atomic E-state index is 11.9. The molecule has 19 heavy (non-hydrogen) atoms. The lowest BCUT2D eigenvalue weighted by Crippen LogP contribution is -2.15. The molecule has 0 aliphatic heterocycles. The van der Waals surface area contributed by atoms with Gasteiger partial charge in [-0.1, -0.05) is 32.1 Å². The van der Waals surface area contributed by atoms with Gasteiger partial charge in [-0.3, -0.25) is 4.79 Å². The minimum absolute atomic E-state index is 0.0576. The predicted octanol–water partition coefficient (Wildman–Crippen LogP) is 3.27. The van der Waals surface area contributed by atoms with E-state index < -0.39 is 0 Å². The zero-order valence-electron chi connectivity index (χ0n) is 11.6. The van der Waals surface area contributed by atoms with E-state index in [9.17, 15) is 4.79 Å². The lowest BCUT2D eigenvalue weighted by Gasteiger charge is -2.20. The van der Waals surface area contributed by atoms with E-state index in [1.54, 1.807) is 12.1 Å². The molecule has 1 aliphatic carbocycles. The van der Waals surface area contributed by atoms with Crippen LogP contribution in [0.2, 0.25) is 0 Å². The monoisotopic (exact) mass is 261 g/mol. The fourth-order valence-electron chi connectivity index (χ4n) is 2.66. The highest BCUT2D eigenvalue weighted by atomic mass is 16.1. The van der Waals surface area contributed by atoms with Crippen LogP contribution < -0.4 is 11.1 Å². The SMILES string of the molecule is Cc1nc(NC(=O)CCC2CCCCC2)ccc1N. The zero-order chi connectivity index (χ0) is 13.7. The standard InChI is InChI=1S/C15H23N3O/c1-11-13(16)8-9-14(17-11)18-15(19)10-7-12-5-3-2-4-6-12/h8-9,12H,2-7,10,16H2,1H3,(H,17,18,19). The van der Waals surface area contributed by atoms with Crippen LogP contribution in [-0.2, 0) is 4.79 Å². The van der Waals surface area contributed by atoms with Crippen molar-refractivity contribution in [2.75, 3.05) is 11.1 Å². The minimum Gasteiger partial charge on any atom is -0.397 e. The molecule has 3 N–H and O–H groups in total. The molecular formula is C15H23N3O. The highest BCUT2D eigenvalue weighted by molar-refractivity contribution is 5.89. The second-order valence-electron chi connectivity index (χ2n) is 5.46. The molecule has 0 aromatic carbocycles. The van der Waals surface area contributed by atoms with Crippen molar-refractivity contribution < 1.29 is 4.79 Å². The molecule has 0 spiro atoms. The van der Waals surface area contributed by atoms with Gasteiger partial charge in [-0.05, 0) is 31.4 Å². The molecule has 1 aliphatic rings. The van der Waals surface area contributed by atoms with Crippen LogP contribution in [0.3, 0.4) is 0 Å². The Morgan fingerprint density at radius 2 is 2.11 bits per heavy atom. The molecule has 1 aromatic rings. The number of hydrogen-bond donors (Lipinski definition) is 2. The summed E-state index contributed by atoms with van der Waals surface area (Å²) in [6.07, 6.45) is 8.17. The average molecular weight is 261 g/mol. The Morgan fingerprint density at radius 3 is 2.79 bits per heavy atom. The third kappa shape index (κ3) is 4.23. The van der Waals surface area contributed by atoms with E-state index in [1.165, 1.54) is 32.1 Å². The van der Waals surface area contributed by atoms with Crippen molar-refractivity contribution in [1.29, 1.82) is 0 Å². The van der Waals surface area contributed by atoms with Gasteiger partial charge in [-0.25, -0.2) is 4.98 Å². The van der Waals surface area contributed by atoms with Crippen molar-refractivity contribution in [3.05, 3.63) is 17.8 Å². The van der Waals surface area contributed by atoms with Crippen LogP contribution >= 0.6 is 0 Å². The van der Waals surface area contributed by atoms with E-state index in [4.69, 9.17) is 5.73 Å². The molecule has 1 fully saturated rings. The molecule has 1 heterocycles. The average Bonchev–Trinajstić information content (AvgIpc) is 2.42. The highest BCUT2D eigenvalue weighted by Crippen LogP contribution is 2.27. The lowest BCUT2D eigenvalue weighted by atomic mass is 9.86. The first-order chi connectivity index (χ1) is 9.15. The number of nitrogens with two attached hydrogens (primary N) is 1. The van der Waals surface area contributed by atoms with Crippen LogP contribution in [0.15, 0.2) is 12.1 Å². The van der Waals surface area contributed by atoms with Gasteiger partial charge in [-0.2, -0.15) is 0 Å². The third-order valence-electron chi connectivity index (χ3n) is 3.90. The van der Waals surface area contributed by atoms with Gasteiger partial charge >= 0.3 is 0 Å². The van der Waals surface area contributed by atoms with Gasteiger partial charge < -0.3 is 11.1 Å². The van der Waals surface area contributed by atoms with Gasteiger partial charge in [0.1, 0.15) is 5.82 Å². The van der Waals surface area contributed by atoms with Gasteiger partial charge in [0, 0.05) is 6.42 Å². The number of nitrogens with one attached hydrogen (secondary N) is 1. The number of anilines is 2. The van der Waals surface area contributed by atoms with Gasteiger partial charge in [0.15, 0.2) is 0 Å². The summed E-state index contributed by atoms with van der Waals surface area (Å²) in [6.45, 7) is 1.84. The first-order valence-corrected chi connectivity index (χ1v) is 7.18. The Bertz CT molecular complexity index is 439. The third-order valence-corrected chi connectivity index (χ3v) is 3.90. The van der Waals surface area contributed by atoms with Crippen molar-refractivity contribution in [2.24, 2.45) is 5.92 Å². The maximum atomic E-state index is 11.9. The van der Waals surface area contributed by atoms with Crippen molar-refractivity contribution in [2.45, 2.75) is 51.9 Å². The molecule has 1 saturated carbocycles. The van der Waals surface area contributed by atoms with Gasteiger partial charge in [0.05, 0.1) is 11.4 Å². The summed E-state index contributed by atoms with van der Waals surface area (Å²) < 4.78 is 0. The van der Waals surface area contributed by atoms with Crippen LogP contribution in [-0.4, -0.2) is 10.9 Å². The predicted molar refractivity (Wildman–Crippen MR) is 77.8 cm³/mol. The van der Waals surface area contributed by atoms with Gasteiger partial charge in [-0.15, -0.1) is 0 Å². The summed E-state index contributed by atoms with van der Waals surface area (Å²) in [5.41, 5.74) is 7.11. The Hall–Kier alpha value is -1.58. The fourth-order valence-corrected chi connectivity index (χ4v) is 2.66. The molecular weight excluding hydrogens is 238 g/mol. The minimum atomic E-state index is 0.0576. The van der Waals surface area contributed by atoms with E-state index in [0.717, 1.165) is 18.0 Å². The maximum Gasteiger partial charge on any atom is 0.225 e. The summed E-state index contributed by atoms with van der Waals surface area (Å²) in [6, 6.07) is 3.53. The number of carbonyl (C=O) groups excluding carboxylic acids is 1. The summed E-state index contributed by atoms with van der Waals surface area (Å²) >= 11 is 0. The van der Waals surface area contributed by atoms with Gasteiger partial charge in [0.25, 0.3) is 0 Å². The smallest absolute Gasteiger partial charge is 0.225 e. The zero-order valence-corrected chi connectivity index (χ0v) is 11.6. The van der Waals surface area contributed by atoms with Crippen molar-refractivity contribution in [3.8, 4) is 0 Å². The number of hydrogen-bond acceptors (Lipinski definition) is 3. The number of aryl methyl sites for hydroxylation is 1. The lowest BCUT2D eigenvalue weighted by molar-refractivity contribution is -0.116. The first-order valence-electron chi connectivity index (χ1n) is 7.18. The van der Waals surface area contributed by atoms with Crippen LogP contribution in [0, 0.1) is 12.8 Å². The normalized spacial score (nSPS) is 16.3. The van der Waals surface area contributed by atoms with E-state index >= 15 is 0 Å². The van der Waals surface area contributed by atoms with Crippen LogP contribution in [0.25, 0.3) is 0 Å². The molecule has 0 saturated heterocycles. The van der Waals surface area contributed by atoms with Crippen molar-refractivity contribution in [1.82, 2.24) is 4.98 Å². The van der Waals surface area contributed by atoms with Crippen molar-refractivity contribution in [3.63, 3.8) is 0 Å². The van der Waals surface area contributed by atoms with E-state index in [1.807, 2.05) is 6.92 Å². The van der Waals surface area contributed by atoms with Crippen molar-refractivity contribution >= 4 is 17.4 Å². The summed E-state index contributed by atoms with van der Waals surface area (Å²) in [5.74, 6) is 1.39. The number of nitrogens with zero attached hydrogens (tertiary/aromatic N) is 1. The van der Waals surface area contributed by atoms with E-state index in [2.05, 4.69) is 10.3 Å². The quantitative estimate of drug-likeness (QED) is 0.874. The number of aromatic nitrogens is 1. The molecule has 0 atom stereocenters. The van der Waals surface area contributed by atoms with Crippen LogP contribution in [0.4, 0.5) is 11.5 Å². The highest BCUT2D eigenvalue weighted by Gasteiger charge is 2.15. The topological polar surface area (TPSA) is 68.0 Å². The number of rotatable bonds is 4.